The summed E-state index contributed by atoms with van der Waals surface area (Å²) >= 11 is 0. The molecule has 168 valence electrons. The molecule has 2 N–H and O–H groups in total. The molecule has 2 aromatic heterocycles. The first-order valence-corrected chi connectivity index (χ1v) is 10.8. The van der Waals surface area contributed by atoms with Crippen LogP contribution < -0.4 is 5.56 Å². The third-order valence-corrected chi connectivity index (χ3v) is 6.51. The molecule has 3 aromatic rings. The quantitative estimate of drug-likeness (QED) is 0.365. The third-order valence-electron chi connectivity index (χ3n) is 6.51. The second kappa shape index (κ2) is 7.38. The van der Waals surface area contributed by atoms with Gasteiger partial charge < -0.3 is 19.5 Å². The Morgan fingerprint density at radius 1 is 1.24 bits per heavy atom. The fourth-order valence-electron chi connectivity index (χ4n) is 4.73. The van der Waals surface area contributed by atoms with Crippen molar-refractivity contribution in [2.45, 2.75) is 45.4 Å². The summed E-state index contributed by atoms with van der Waals surface area (Å²) in [5, 5.41) is 20.8. The minimum absolute atomic E-state index is 0.0896. The Labute approximate surface area is 188 Å². The number of pyridine rings is 2. The van der Waals surface area contributed by atoms with Crippen LogP contribution in [0.5, 0.6) is 0 Å². The number of nitrogens with zero attached hydrogens (tertiary/aromatic N) is 2. The predicted molar refractivity (Wildman–Crippen MR) is 121 cm³/mol. The fourth-order valence-corrected chi connectivity index (χ4v) is 4.73. The smallest absolute Gasteiger partial charge is 0.343 e. The van der Waals surface area contributed by atoms with Crippen LogP contribution >= 0.6 is 0 Å². The van der Waals surface area contributed by atoms with Gasteiger partial charge in [-0.3, -0.25) is 4.79 Å². The van der Waals surface area contributed by atoms with E-state index in [1.807, 2.05) is 25.1 Å². The number of ether oxygens (including phenoxy) is 1. The summed E-state index contributed by atoms with van der Waals surface area (Å²) in [7, 11) is 0. The Hall–Kier alpha value is -3.78. The van der Waals surface area contributed by atoms with Crippen molar-refractivity contribution in [1.82, 2.24) is 9.55 Å². The number of hydrogen-bond donors (Lipinski definition) is 2. The standard InChI is InChI=1S/C25H22N2O6/c1-3-14-7-13(5-6-20(28)29)8-15-9-16-11-27-19(22(16)26-21(14)15)10-18-17(23(27)30)12-33-24(31)25(18,32)4-2/h5-10,32H,3-4,11-12H2,1-2H3,(H,28,29)/b6-5+/t25-/m0/s1. The Kier molecular flexibility index (Phi) is 4.72. The maximum atomic E-state index is 13.3. The molecular formula is C25H22N2O6. The minimum atomic E-state index is -1.86. The van der Waals surface area contributed by atoms with Crippen LogP contribution in [0.2, 0.25) is 0 Å². The Balaban J connectivity index is 1.73. The van der Waals surface area contributed by atoms with Crippen LogP contribution in [0.1, 0.15) is 48.1 Å². The van der Waals surface area contributed by atoms with Crippen molar-refractivity contribution in [2.24, 2.45) is 0 Å². The molecule has 2 aliphatic rings. The Morgan fingerprint density at radius 2 is 2.03 bits per heavy atom. The van der Waals surface area contributed by atoms with Gasteiger partial charge in [0.05, 0.1) is 29.0 Å². The lowest BCUT2D eigenvalue weighted by Crippen LogP contribution is -2.44. The van der Waals surface area contributed by atoms with Gasteiger partial charge in [0, 0.05) is 22.6 Å². The molecule has 0 saturated heterocycles. The largest absolute Gasteiger partial charge is 0.478 e. The van der Waals surface area contributed by atoms with Crippen molar-refractivity contribution in [1.29, 1.82) is 0 Å². The van der Waals surface area contributed by atoms with Crippen LogP contribution in [0.25, 0.3) is 28.4 Å². The number of esters is 1. The molecule has 0 aliphatic carbocycles. The summed E-state index contributed by atoms with van der Waals surface area (Å²) in [6.45, 7) is 3.82. The molecule has 1 atom stereocenters. The normalized spacial score (nSPS) is 18.8. The van der Waals surface area contributed by atoms with Crippen LogP contribution in [-0.2, 0) is 39.5 Å². The van der Waals surface area contributed by atoms with E-state index in [2.05, 4.69) is 0 Å². The molecule has 0 spiro atoms. The Morgan fingerprint density at radius 3 is 2.73 bits per heavy atom. The molecule has 0 unspecified atom stereocenters. The molecule has 5 rings (SSSR count). The molecule has 8 nitrogen and oxygen atoms in total. The first kappa shape index (κ1) is 21.1. The number of cyclic esters (lactones) is 1. The number of carbonyl (C=O) groups is 2. The highest BCUT2D eigenvalue weighted by Gasteiger charge is 2.45. The molecule has 0 fully saturated rings. The number of carboxylic acid groups (broad SMARTS) is 1. The van der Waals surface area contributed by atoms with Crippen molar-refractivity contribution in [3.8, 4) is 11.4 Å². The fraction of sp³-hybridized carbons (Fsp3) is 0.280. The summed E-state index contributed by atoms with van der Waals surface area (Å²) in [6.07, 6.45) is 3.42. The summed E-state index contributed by atoms with van der Waals surface area (Å²) in [4.78, 5) is 41.4. The summed E-state index contributed by atoms with van der Waals surface area (Å²) in [5.74, 6) is -1.77. The zero-order valence-electron chi connectivity index (χ0n) is 18.2. The number of rotatable bonds is 4. The number of aliphatic carboxylic acids is 1. The van der Waals surface area contributed by atoms with Gasteiger partial charge in [-0.25, -0.2) is 14.6 Å². The highest BCUT2D eigenvalue weighted by atomic mass is 16.6. The number of carboxylic acids is 1. The zero-order valence-corrected chi connectivity index (χ0v) is 18.2. The monoisotopic (exact) mass is 446 g/mol. The van der Waals surface area contributed by atoms with Gasteiger partial charge in [-0.2, -0.15) is 0 Å². The van der Waals surface area contributed by atoms with E-state index >= 15 is 0 Å². The second-order valence-corrected chi connectivity index (χ2v) is 8.38. The van der Waals surface area contributed by atoms with Gasteiger partial charge in [0.1, 0.15) is 6.61 Å². The van der Waals surface area contributed by atoms with Crippen molar-refractivity contribution in [3.05, 3.63) is 68.5 Å². The SMILES string of the molecule is CCc1cc(/C=C/C(=O)O)cc2cc3c(nc12)-c1cc2c(c(=O)n1C3)COC(=O)[C@]2(O)CC. The van der Waals surface area contributed by atoms with Crippen LogP contribution in [0.15, 0.2) is 35.1 Å². The van der Waals surface area contributed by atoms with Gasteiger partial charge in [0.2, 0.25) is 0 Å². The summed E-state index contributed by atoms with van der Waals surface area (Å²) < 4.78 is 6.71. The average Bonchev–Trinajstić information content (AvgIpc) is 3.16. The van der Waals surface area contributed by atoms with Gasteiger partial charge in [0.15, 0.2) is 5.60 Å². The van der Waals surface area contributed by atoms with Crippen LogP contribution in [0.4, 0.5) is 0 Å². The number of aromatic nitrogens is 2. The third kappa shape index (κ3) is 3.09. The number of carbonyl (C=O) groups excluding carboxylic acids is 1. The number of aliphatic hydroxyl groups is 1. The van der Waals surface area contributed by atoms with Crippen molar-refractivity contribution < 1.29 is 24.5 Å². The van der Waals surface area contributed by atoms with E-state index < -0.39 is 17.5 Å². The van der Waals surface area contributed by atoms with E-state index in [0.29, 0.717) is 24.4 Å². The van der Waals surface area contributed by atoms with E-state index in [9.17, 15) is 19.5 Å². The lowest BCUT2D eigenvalue weighted by molar-refractivity contribution is -0.172. The average molecular weight is 446 g/mol. The second-order valence-electron chi connectivity index (χ2n) is 8.38. The molecule has 0 saturated carbocycles. The molecule has 0 amide bonds. The van der Waals surface area contributed by atoms with Gasteiger partial charge in [0.25, 0.3) is 5.56 Å². The van der Waals surface area contributed by atoms with Crippen LogP contribution in [0, 0.1) is 0 Å². The van der Waals surface area contributed by atoms with Crippen molar-refractivity contribution in [3.63, 3.8) is 0 Å². The molecule has 2 aliphatic heterocycles. The summed E-state index contributed by atoms with van der Waals surface area (Å²) in [5.41, 5.74) is 2.95. The van der Waals surface area contributed by atoms with Crippen molar-refractivity contribution in [2.75, 3.05) is 0 Å². The van der Waals surface area contributed by atoms with Crippen molar-refractivity contribution >= 4 is 28.9 Å². The molecular weight excluding hydrogens is 424 g/mol. The number of fused-ring (bicyclic) bond motifs is 5. The van der Waals surface area contributed by atoms with E-state index in [4.69, 9.17) is 14.8 Å². The molecule has 8 heteroatoms. The predicted octanol–water partition coefficient (Wildman–Crippen LogP) is 2.74. The lowest BCUT2D eigenvalue weighted by Gasteiger charge is -2.31. The number of aryl methyl sites for hydroxylation is 1. The van der Waals surface area contributed by atoms with E-state index in [0.717, 1.165) is 33.7 Å². The highest BCUT2D eigenvalue weighted by molar-refractivity contribution is 5.91. The molecule has 1 aromatic carbocycles. The van der Waals surface area contributed by atoms with Gasteiger partial charge >= 0.3 is 11.9 Å². The molecule has 33 heavy (non-hydrogen) atoms. The molecule has 0 bridgehead atoms. The first-order valence-electron chi connectivity index (χ1n) is 10.8. The topological polar surface area (TPSA) is 119 Å². The van der Waals surface area contributed by atoms with Crippen LogP contribution in [0.3, 0.4) is 0 Å². The summed E-state index contributed by atoms with van der Waals surface area (Å²) in [6, 6.07) is 7.44. The molecule has 4 heterocycles. The number of hydrogen-bond acceptors (Lipinski definition) is 6. The van der Waals surface area contributed by atoms with Gasteiger partial charge in [-0.1, -0.05) is 13.8 Å². The van der Waals surface area contributed by atoms with E-state index in [1.165, 1.54) is 0 Å². The highest BCUT2D eigenvalue weighted by Crippen LogP contribution is 2.39. The van der Waals surface area contributed by atoms with E-state index in [-0.39, 0.29) is 29.7 Å². The maximum absolute atomic E-state index is 13.3. The van der Waals surface area contributed by atoms with E-state index in [1.54, 1.807) is 23.6 Å². The minimum Gasteiger partial charge on any atom is -0.478 e. The zero-order chi connectivity index (χ0) is 23.5. The number of benzene rings is 1. The lowest BCUT2D eigenvalue weighted by atomic mass is 9.86. The van der Waals surface area contributed by atoms with Gasteiger partial charge in [-0.15, -0.1) is 0 Å². The van der Waals surface area contributed by atoms with Gasteiger partial charge in [-0.05, 0) is 54.3 Å². The Bertz CT molecular complexity index is 1450. The molecule has 0 radical (unpaired) electrons. The first-order chi connectivity index (χ1) is 15.8. The van der Waals surface area contributed by atoms with Crippen LogP contribution in [-0.4, -0.2) is 31.7 Å². The maximum Gasteiger partial charge on any atom is 0.343 e.